The number of furan rings is 1. The molecule has 4 nitrogen and oxygen atoms in total. The summed E-state index contributed by atoms with van der Waals surface area (Å²) in [6.07, 6.45) is 0.835. The second-order valence-electron chi connectivity index (χ2n) is 3.16. The van der Waals surface area contributed by atoms with Gasteiger partial charge in [-0.1, -0.05) is 0 Å². The second kappa shape index (κ2) is 3.22. The molecular formula is C9H11NO3. The number of carboxylic acids is 1. The minimum absolute atomic E-state index is 0.0208. The van der Waals surface area contributed by atoms with Crippen LogP contribution in [0.4, 0.5) is 0 Å². The van der Waals surface area contributed by atoms with Gasteiger partial charge in [0, 0.05) is 25.1 Å². The molecule has 0 bridgehead atoms. The molecule has 0 aliphatic carbocycles. The van der Waals surface area contributed by atoms with Crippen LogP contribution in [0, 0.1) is 0 Å². The van der Waals surface area contributed by atoms with E-state index in [-0.39, 0.29) is 6.42 Å². The van der Waals surface area contributed by atoms with Gasteiger partial charge < -0.3 is 14.8 Å². The Morgan fingerprint density at radius 2 is 2.54 bits per heavy atom. The van der Waals surface area contributed by atoms with E-state index in [0.717, 1.165) is 30.8 Å². The zero-order chi connectivity index (χ0) is 9.26. The monoisotopic (exact) mass is 181 g/mol. The summed E-state index contributed by atoms with van der Waals surface area (Å²) in [7, 11) is 0. The molecular weight excluding hydrogens is 170 g/mol. The summed E-state index contributed by atoms with van der Waals surface area (Å²) in [5.74, 6) is 0.648. The lowest BCUT2D eigenvalue weighted by molar-refractivity contribution is -0.136. The molecule has 0 saturated heterocycles. The highest BCUT2D eigenvalue weighted by Crippen LogP contribution is 2.19. The van der Waals surface area contributed by atoms with Gasteiger partial charge in [-0.05, 0) is 6.07 Å². The summed E-state index contributed by atoms with van der Waals surface area (Å²) in [4.78, 5) is 10.4. The maximum atomic E-state index is 10.4. The summed E-state index contributed by atoms with van der Waals surface area (Å²) in [5.41, 5.74) is 1.10. The molecule has 70 valence electrons. The Labute approximate surface area is 75.6 Å². The number of rotatable bonds is 2. The first-order valence-corrected chi connectivity index (χ1v) is 4.28. The summed E-state index contributed by atoms with van der Waals surface area (Å²) in [5, 5.41) is 11.8. The standard InChI is InChI=1S/C9H11NO3/c11-9(12)4-7-3-6-5-10-2-1-8(6)13-7/h3,10H,1-2,4-5H2,(H,11,12). The fourth-order valence-corrected chi connectivity index (χ4v) is 1.55. The predicted octanol–water partition coefficient (Wildman–Crippen LogP) is 0.552. The van der Waals surface area contributed by atoms with E-state index in [4.69, 9.17) is 9.52 Å². The highest BCUT2D eigenvalue weighted by atomic mass is 16.4. The van der Waals surface area contributed by atoms with Crippen molar-refractivity contribution in [2.45, 2.75) is 19.4 Å². The topological polar surface area (TPSA) is 62.5 Å². The van der Waals surface area contributed by atoms with Crippen LogP contribution in [0.1, 0.15) is 17.1 Å². The van der Waals surface area contributed by atoms with Gasteiger partial charge in [-0.3, -0.25) is 4.79 Å². The third-order valence-corrected chi connectivity index (χ3v) is 2.12. The maximum Gasteiger partial charge on any atom is 0.311 e. The van der Waals surface area contributed by atoms with Crippen LogP contribution in [0.25, 0.3) is 0 Å². The molecule has 2 rings (SSSR count). The zero-order valence-corrected chi connectivity index (χ0v) is 7.17. The first-order valence-electron chi connectivity index (χ1n) is 4.28. The molecule has 2 N–H and O–H groups in total. The van der Waals surface area contributed by atoms with E-state index in [9.17, 15) is 4.79 Å². The Bertz CT molecular complexity index is 306. The highest BCUT2D eigenvalue weighted by molar-refractivity contribution is 5.69. The van der Waals surface area contributed by atoms with Gasteiger partial charge in [0.2, 0.25) is 0 Å². The van der Waals surface area contributed by atoms with Gasteiger partial charge in [0.15, 0.2) is 0 Å². The van der Waals surface area contributed by atoms with E-state index in [2.05, 4.69) is 5.32 Å². The van der Waals surface area contributed by atoms with Gasteiger partial charge in [0.1, 0.15) is 17.9 Å². The van der Waals surface area contributed by atoms with Crippen molar-refractivity contribution < 1.29 is 14.3 Å². The summed E-state index contributed by atoms with van der Waals surface area (Å²) in [6.45, 7) is 1.70. The molecule has 0 atom stereocenters. The normalized spacial score (nSPS) is 15.4. The number of hydrogen-bond donors (Lipinski definition) is 2. The van der Waals surface area contributed by atoms with Crippen molar-refractivity contribution in [1.82, 2.24) is 5.32 Å². The van der Waals surface area contributed by atoms with Crippen molar-refractivity contribution in [3.8, 4) is 0 Å². The maximum absolute atomic E-state index is 10.4. The van der Waals surface area contributed by atoms with Crippen molar-refractivity contribution in [1.29, 1.82) is 0 Å². The van der Waals surface area contributed by atoms with Crippen LogP contribution in [-0.4, -0.2) is 17.6 Å². The van der Waals surface area contributed by atoms with E-state index >= 15 is 0 Å². The SMILES string of the molecule is O=C(O)Cc1cc2c(o1)CCNC2. The number of aliphatic carboxylic acids is 1. The van der Waals surface area contributed by atoms with Gasteiger partial charge in [0.05, 0.1) is 0 Å². The Hall–Kier alpha value is -1.29. The minimum atomic E-state index is -0.848. The molecule has 0 unspecified atom stereocenters. The minimum Gasteiger partial charge on any atom is -0.481 e. The Morgan fingerprint density at radius 3 is 3.23 bits per heavy atom. The number of hydrogen-bond acceptors (Lipinski definition) is 3. The third kappa shape index (κ3) is 1.72. The number of fused-ring (bicyclic) bond motifs is 1. The first-order chi connectivity index (χ1) is 6.25. The third-order valence-electron chi connectivity index (χ3n) is 2.12. The molecule has 0 amide bonds. The van der Waals surface area contributed by atoms with Crippen molar-refractivity contribution in [3.63, 3.8) is 0 Å². The molecule has 1 aliphatic rings. The molecule has 0 saturated carbocycles. The summed E-state index contributed by atoms with van der Waals surface area (Å²) < 4.78 is 5.40. The zero-order valence-electron chi connectivity index (χ0n) is 7.17. The van der Waals surface area contributed by atoms with Crippen molar-refractivity contribution in [2.75, 3.05) is 6.54 Å². The van der Waals surface area contributed by atoms with E-state index < -0.39 is 5.97 Å². The molecule has 1 aromatic rings. The van der Waals surface area contributed by atoms with Crippen LogP contribution in [0.15, 0.2) is 10.5 Å². The smallest absolute Gasteiger partial charge is 0.311 e. The summed E-state index contributed by atoms with van der Waals surface area (Å²) in [6, 6.07) is 1.83. The van der Waals surface area contributed by atoms with E-state index in [0.29, 0.717) is 5.76 Å². The van der Waals surface area contributed by atoms with E-state index in [1.807, 2.05) is 6.07 Å². The second-order valence-corrected chi connectivity index (χ2v) is 3.16. The van der Waals surface area contributed by atoms with Crippen LogP contribution < -0.4 is 5.32 Å². The predicted molar refractivity (Wildman–Crippen MR) is 45.5 cm³/mol. The highest BCUT2D eigenvalue weighted by Gasteiger charge is 2.15. The quantitative estimate of drug-likeness (QED) is 0.699. The van der Waals surface area contributed by atoms with Gasteiger partial charge in [-0.25, -0.2) is 0 Å². The fraction of sp³-hybridized carbons (Fsp3) is 0.444. The van der Waals surface area contributed by atoms with Gasteiger partial charge >= 0.3 is 5.97 Å². The Morgan fingerprint density at radius 1 is 1.69 bits per heavy atom. The van der Waals surface area contributed by atoms with E-state index in [1.54, 1.807) is 0 Å². The van der Waals surface area contributed by atoms with Crippen LogP contribution in [0.3, 0.4) is 0 Å². The van der Waals surface area contributed by atoms with E-state index in [1.165, 1.54) is 0 Å². The van der Waals surface area contributed by atoms with Crippen LogP contribution in [-0.2, 0) is 24.2 Å². The lowest BCUT2D eigenvalue weighted by Gasteiger charge is -2.09. The molecule has 4 heteroatoms. The average Bonchev–Trinajstić information content (AvgIpc) is 2.44. The van der Waals surface area contributed by atoms with Gasteiger partial charge in [-0.2, -0.15) is 0 Å². The molecule has 0 spiro atoms. The van der Waals surface area contributed by atoms with Crippen LogP contribution in [0.2, 0.25) is 0 Å². The molecule has 0 aromatic carbocycles. The Kier molecular flexibility index (Phi) is 2.06. The lowest BCUT2D eigenvalue weighted by atomic mass is 10.1. The first kappa shape index (κ1) is 8.31. The molecule has 0 fully saturated rings. The van der Waals surface area contributed by atoms with Gasteiger partial charge in [0.25, 0.3) is 0 Å². The lowest BCUT2D eigenvalue weighted by Crippen LogP contribution is -2.22. The number of carboxylic acid groups (broad SMARTS) is 1. The molecule has 1 aromatic heterocycles. The van der Waals surface area contributed by atoms with Crippen molar-refractivity contribution in [2.24, 2.45) is 0 Å². The fourth-order valence-electron chi connectivity index (χ4n) is 1.55. The van der Waals surface area contributed by atoms with Crippen LogP contribution in [0.5, 0.6) is 0 Å². The summed E-state index contributed by atoms with van der Waals surface area (Å²) >= 11 is 0. The largest absolute Gasteiger partial charge is 0.481 e. The molecule has 2 heterocycles. The van der Waals surface area contributed by atoms with Crippen molar-refractivity contribution >= 4 is 5.97 Å². The van der Waals surface area contributed by atoms with Crippen molar-refractivity contribution in [3.05, 3.63) is 23.2 Å². The molecule has 0 radical (unpaired) electrons. The van der Waals surface area contributed by atoms with Gasteiger partial charge in [-0.15, -0.1) is 0 Å². The Balaban J connectivity index is 2.20. The molecule has 1 aliphatic heterocycles. The molecule has 13 heavy (non-hydrogen) atoms. The van der Waals surface area contributed by atoms with Crippen LogP contribution >= 0.6 is 0 Å². The number of carbonyl (C=O) groups is 1. The average molecular weight is 181 g/mol. The number of nitrogens with one attached hydrogen (secondary N) is 1.